The second-order valence-electron chi connectivity index (χ2n) is 5.09. The van der Waals surface area contributed by atoms with Crippen molar-refractivity contribution in [3.05, 3.63) is 12.2 Å². The van der Waals surface area contributed by atoms with Crippen molar-refractivity contribution in [1.29, 1.82) is 0 Å². The van der Waals surface area contributed by atoms with Crippen LogP contribution in [0.1, 0.15) is 55.8 Å². The fraction of sp³-hybridized carbons (Fsp3) is 0.722. The predicted molar refractivity (Wildman–Crippen MR) is 100 cm³/mol. The van der Waals surface area contributed by atoms with E-state index in [2.05, 4.69) is 16.6 Å². The minimum atomic E-state index is -0.485. The summed E-state index contributed by atoms with van der Waals surface area (Å²) in [6, 6.07) is 0. The number of carbonyl (C=O) groups is 3. The summed E-state index contributed by atoms with van der Waals surface area (Å²) in [7, 11) is 1.33. The van der Waals surface area contributed by atoms with Gasteiger partial charge in [0, 0.05) is 20.0 Å². The standard InChI is InChI=1S/C11H21NO4.C5H8O2.C2H6.H2/c1-4-12-11(14)16-8-7-15-10(13)6-5-9(2)3;1-4(2)5(6)7-3;1-2;/h9H,4-8H2,1-3H3,(H,12,14);1H2,2-3H3;1-2H3;1H. The number of carbonyl (C=O) groups excluding carboxylic acids is 3. The van der Waals surface area contributed by atoms with E-state index in [0.717, 1.165) is 6.42 Å². The summed E-state index contributed by atoms with van der Waals surface area (Å²) in [4.78, 5) is 32.2. The van der Waals surface area contributed by atoms with Crippen LogP contribution in [0.4, 0.5) is 4.79 Å². The Balaban J connectivity index is -0.000000204. The van der Waals surface area contributed by atoms with Crippen molar-refractivity contribution in [3.63, 3.8) is 0 Å². The normalized spacial score (nSPS) is 8.80. The average molecular weight is 363 g/mol. The van der Waals surface area contributed by atoms with Crippen molar-refractivity contribution in [2.75, 3.05) is 26.9 Å². The molecule has 7 nitrogen and oxygen atoms in total. The van der Waals surface area contributed by atoms with Gasteiger partial charge in [0.2, 0.25) is 0 Å². The van der Waals surface area contributed by atoms with Crippen LogP contribution in [-0.4, -0.2) is 44.9 Å². The summed E-state index contributed by atoms with van der Waals surface area (Å²) < 4.78 is 13.9. The second-order valence-corrected chi connectivity index (χ2v) is 5.09. The molecule has 0 aliphatic carbocycles. The number of amides is 1. The van der Waals surface area contributed by atoms with Gasteiger partial charge in [-0.1, -0.05) is 34.3 Å². The van der Waals surface area contributed by atoms with Crippen molar-refractivity contribution in [1.82, 2.24) is 5.32 Å². The highest BCUT2D eigenvalue weighted by molar-refractivity contribution is 5.86. The quantitative estimate of drug-likeness (QED) is 0.306. The molecule has 0 bridgehead atoms. The van der Waals surface area contributed by atoms with Crippen LogP contribution in [0, 0.1) is 5.92 Å². The molecule has 0 aromatic carbocycles. The highest BCUT2D eigenvalue weighted by Gasteiger charge is 2.05. The first-order valence-corrected chi connectivity index (χ1v) is 8.54. The lowest BCUT2D eigenvalue weighted by atomic mass is 10.1. The van der Waals surface area contributed by atoms with Gasteiger partial charge in [0.1, 0.15) is 13.2 Å². The van der Waals surface area contributed by atoms with Gasteiger partial charge in [-0.15, -0.1) is 0 Å². The average Bonchev–Trinajstić information content (AvgIpc) is 2.58. The third kappa shape index (κ3) is 24.3. The number of esters is 2. The van der Waals surface area contributed by atoms with E-state index < -0.39 is 6.09 Å². The van der Waals surface area contributed by atoms with Gasteiger partial charge in [0.25, 0.3) is 0 Å². The maximum atomic E-state index is 11.1. The molecule has 0 aromatic rings. The molecule has 0 atom stereocenters. The number of ether oxygens (including phenoxy) is 3. The predicted octanol–water partition coefficient (Wildman–Crippen LogP) is 3.72. The maximum Gasteiger partial charge on any atom is 0.407 e. The lowest BCUT2D eigenvalue weighted by Gasteiger charge is -2.07. The van der Waals surface area contributed by atoms with E-state index in [-0.39, 0.29) is 26.6 Å². The van der Waals surface area contributed by atoms with Crippen LogP contribution < -0.4 is 5.32 Å². The van der Waals surface area contributed by atoms with E-state index in [4.69, 9.17) is 9.47 Å². The molecule has 0 heterocycles. The summed E-state index contributed by atoms with van der Waals surface area (Å²) in [6.45, 7) is 15.6. The van der Waals surface area contributed by atoms with Gasteiger partial charge in [0.05, 0.1) is 7.11 Å². The summed E-state index contributed by atoms with van der Waals surface area (Å²) in [6.07, 6.45) is 0.746. The monoisotopic (exact) mass is 363 g/mol. The minimum absolute atomic E-state index is 0. The van der Waals surface area contributed by atoms with Gasteiger partial charge in [0.15, 0.2) is 0 Å². The smallest absolute Gasteiger partial charge is 0.407 e. The van der Waals surface area contributed by atoms with E-state index in [1.165, 1.54) is 7.11 Å². The molecular formula is C18H37NO6. The molecule has 0 aliphatic rings. The van der Waals surface area contributed by atoms with Crippen LogP contribution in [-0.2, 0) is 23.8 Å². The van der Waals surface area contributed by atoms with Gasteiger partial charge in [-0.3, -0.25) is 4.79 Å². The molecule has 0 fully saturated rings. The Bertz CT molecular complexity index is 386. The Morgan fingerprint density at radius 2 is 1.64 bits per heavy atom. The first-order valence-electron chi connectivity index (χ1n) is 8.54. The van der Waals surface area contributed by atoms with Gasteiger partial charge < -0.3 is 19.5 Å². The lowest BCUT2D eigenvalue weighted by Crippen LogP contribution is -2.25. The number of hydrogen-bond donors (Lipinski definition) is 1. The highest BCUT2D eigenvalue weighted by atomic mass is 16.6. The molecule has 0 aliphatic heterocycles. The Morgan fingerprint density at radius 3 is 2.00 bits per heavy atom. The first-order chi connectivity index (χ1) is 11.7. The molecule has 0 unspecified atom stereocenters. The summed E-state index contributed by atoms with van der Waals surface area (Å²) in [5, 5.41) is 2.47. The van der Waals surface area contributed by atoms with Gasteiger partial charge in [-0.25, -0.2) is 9.59 Å². The minimum Gasteiger partial charge on any atom is -0.466 e. The van der Waals surface area contributed by atoms with E-state index >= 15 is 0 Å². The second kappa shape index (κ2) is 20.0. The SMILES string of the molecule is C=C(C)C(=O)OC.CC.CCNC(=O)OCCOC(=O)CCC(C)C.[HH]. The van der Waals surface area contributed by atoms with Crippen LogP contribution in [0.5, 0.6) is 0 Å². The fourth-order valence-electron chi connectivity index (χ4n) is 1.14. The number of rotatable bonds is 8. The molecule has 1 amide bonds. The molecule has 0 aromatic heterocycles. The fourth-order valence-corrected chi connectivity index (χ4v) is 1.14. The van der Waals surface area contributed by atoms with E-state index in [9.17, 15) is 14.4 Å². The van der Waals surface area contributed by atoms with Crippen LogP contribution in [0.15, 0.2) is 12.2 Å². The van der Waals surface area contributed by atoms with E-state index in [1.54, 1.807) is 13.8 Å². The van der Waals surface area contributed by atoms with Gasteiger partial charge in [-0.05, 0) is 26.2 Å². The zero-order valence-electron chi connectivity index (χ0n) is 16.8. The molecule has 25 heavy (non-hydrogen) atoms. The van der Waals surface area contributed by atoms with E-state index in [0.29, 0.717) is 24.5 Å². The topological polar surface area (TPSA) is 90.9 Å². The van der Waals surface area contributed by atoms with Crippen LogP contribution in [0.3, 0.4) is 0 Å². The van der Waals surface area contributed by atoms with Gasteiger partial charge in [-0.2, -0.15) is 0 Å². The first kappa shape index (κ1) is 27.8. The Kier molecular flexibility index (Phi) is 22.2. The molecule has 150 valence electrons. The molecular weight excluding hydrogens is 326 g/mol. The van der Waals surface area contributed by atoms with Crippen LogP contribution in [0.2, 0.25) is 0 Å². The number of hydrogen-bond acceptors (Lipinski definition) is 6. The summed E-state index contributed by atoms with van der Waals surface area (Å²) in [5.41, 5.74) is 0.433. The number of alkyl carbamates (subject to hydrolysis) is 1. The Hall–Kier alpha value is -2.05. The molecule has 0 saturated heterocycles. The number of methoxy groups -OCH3 is 1. The molecule has 0 rings (SSSR count). The van der Waals surface area contributed by atoms with Crippen molar-refractivity contribution in [2.24, 2.45) is 5.92 Å². The summed E-state index contributed by atoms with van der Waals surface area (Å²) >= 11 is 0. The zero-order valence-corrected chi connectivity index (χ0v) is 16.8. The van der Waals surface area contributed by atoms with Crippen molar-refractivity contribution >= 4 is 18.0 Å². The van der Waals surface area contributed by atoms with E-state index in [1.807, 2.05) is 27.7 Å². The largest absolute Gasteiger partial charge is 0.466 e. The molecule has 0 saturated carbocycles. The van der Waals surface area contributed by atoms with Crippen molar-refractivity contribution < 1.29 is 30.0 Å². The highest BCUT2D eigenvalue weighted by Crippen LogP contribution is 2.04. The zero-order chi connectivity index (χ0) is 20.3. The van der Waals surface area contributed by atoms with Crippen LogP contribution >= 0.6 is 0 Å². The molecule has 1 N–H and O–H groups in total. The maximum absolute atomic E-state index is 11.1. The lowest BCUT2D eigenvalue weighted by molar-refractivity contribution is -0.145. The van der Waals surface area contributed by atoms with Crippen molar-refractivity contribution in [2.45, 2.75) is 54.4 Å². The molecule has 7 heteroatoms. The summed E-state index contributed by atoms with van der Waals surface area (Å²) in [5.74, 6) is -0.104. The molecule has 0 spiro atoms. The third-order valence-corrected chi connectivity index (χ3v) is 2.36. The Morgan fingerprint density at radius 1 is 1.12 bits per heavy atom. The molecule has 0 radical (unpaired) electrons. The Labute approximate surface area is 153 Å². The third-order valence-electron chi connectivity index (χ3n) is 2.36. The van der Waals surface area contributed by atoms with Crippen molar-refractivity contribution in [3.8, 4) is 0 Å². The number of nitrogens with one attached hydrogen (secondary N) is 1. The van der Waals surface area contributed by atoms with Gasteiger partial charge >= 0.3 is 18.0 Å². The van der Waals surface area contributed by atoms with Crippen LogP contribution in [0.25, 0.3) is 0 Å².